The second-order valence-corrected chi connectivity index (χ2v) is 7.64. The number of hydrogen-bond acceptors (Lipinski definition) is 4. The van der Waals surface area contributed by atoms with Crippen LogP contribution >= 0.6 is 0 Å². The Bertz CT molecular complexity index is 705. The van der Waals surface area contributed by atoms with E-state index in [0.29, 0.717) is 36.0 Å². The molecule has 1 aromatic rings. The van der Waals surface area contributed by atoms with Gasteiger partial charge in [0.05, 0.1) is 26.4 Å². The molecule has 0 aromatic heterocycles. The summed E-state index contributed by atoms with van der Waals surface area (Å²) < 4.78 is 16.2. The zero-order chi connectivity index (χ0) is 20.6. The molecule has 0 fully saturated rings. The van der Waals surface area contributed by atoms with E-state index in [1.165, 1.54) is 5.57 Å². The van der Waals surface area contributed by atoms with Crippen molar-refractivity contribution in [2.75, 3.05) is 27.9 Å². The predicted molar refractivity (Wildman–Crippen MR) is 111 cm³/mol. The van der Waals surface area contributed by atoms with Crippen LogP contribution in [0.3, 0.4) is 0 Å². The molecule has 27 heavy (non-hydrogen) atoms. The number of allylic oxidation sites excluding steroid dienone is 1. The van der Waals surface area contributed by atoms with E-state index in [9.17, 15) is 5.11 Å². The molecule has 0 radical (unpaired) electrons. The number of ether oxygens (including phenoxy) is 3. The molecule has 1 N–H and O–H groups in total. The summed E-state index contributed by atoms with van der Waals surface area (Å²) in [5, 5.41) is 10.4. The Hall–Kier alpha value is -1.96. The van der Waals surface area contributed by atoms with E-state index in [-0.39, 0.29) is 5.41 Å². The number of aliphatic hydroxyl groups excluding tert-OH is 1. The fourth-order valence-corrected chi connectivity index (χ4v) is 2.89. The highest BCUT2D eigenvalue weighted by atomic mass is 16.5. The van der Waals surface area contributed by atoms with E-state index in [0.717, 1.165) is 5.56 Å². The Morgan fingerprint density at radius 1 is 1.15 bits per heavy atom. The van der Waals surface area contributed by atoms with Gasteiger partial charge in [0.1, 0.15) is 6.10 Å². The molecule has 0 unspecified atom stereocenters. The molecule has 0 aliphatic carbocycles. The van der Waals surface area contributed by atoms with Crippen molar-refractivity contribution in [1.82, 2.24) is 0 Å². The van der Waals surface area contributed by atoms with Gasteiger partial charge in [-0.15, -0.1) is 0 Å². The van der Waals surface area contributed by atoms with E-state index in [1.54, 1.807) is 21.3 Å². The molecule has 0 aliphatic rings. The second-order valence-electron chi connectivity index (χ2n) is 7.64. The van der Waals surface area contributed by atoms with Crippen LogP contribution in [0.25, 0.3) is 0 Å². The van der Waals surface area contributed by atoms with Crippen LogP contribution in [-0.2, 0) is 4.74 Å². The molecule has 0 amide bonds. The lowest BCUT2D eigenvalue weighted by molar-refractivity contribution is 0.175. The van der Waals surface area contributed by atoms with Gasteiger partial charge in [-0.25, -0.2) is 0 Å². The summed E-state index contributed by atoms with van der Waals surface area (Å²) in [5.74, 6) is 7.63. The highest BCUT2D eigenvalue weighted by Crippen LogP contribution is 2.38. The molecule has 0 bridgehead atoms. The molecule has 0 spiro atoms. The first-order valence-corrected chi connectivity index (χ1v) is 9.28. The Balaban J connectivity index is 3.08. The molecule has 0 saturated carbocycles. The smallest absolute Gasteiger partial charge is 0.176 e. The molecule has 0 aliphatic heterocycles. The molecule has 0 heterocycles. The monoisotopic (exact) mass is 374 g/mol. The average molecular weight is 375 g/mol. The minimum Gasteiger partial charge on any atom is -0.493 e. The Morgan fingerprint density at radius 3 is 2.30 bits per heavy atom. The van der Waals surface area contributed by atoms with Crippen molar-refractivity contribution < 1.29 is 19.3 Å². The highest BCUT2D eigenvalue weighted by Gasteiger charge is 2.23. The molecular weight excluding hydrogens is 340 g/mol. The van der Waals surface area contributed by atoms with E-state index in [4.69, 9.17) is 14.2 Å². The summed E-state index contributed by atoms with van der Waals surface area (Å²) in [4.78, 5) is 0. The maximum Gasteiger partial charge on any atom is 0.176 e. The number of aliphatic hydroxyl groups is 1. The van der Waals surface area contributed by atoms with Crippen molar-refractivity contribution in [2.45, 2.75) is 53.1 Å². The van der Waals surface area contributed by atoms with Crippen LogP contribution in [0.2, 0.25) is 0 Å². The van der Waals surface area contributed by atoms with Crippen molar-refractivity contribution in [3.63, 3.8) is 0 Å². The first-order valence-electron chi connectivity index (χ1n) is 9.28. The first kappa shape index (κ1) is 23.1. The lowest BCUT2D eigenvalue weighted by Gasteiger charge is -2.27. The summed E-state index contributed by atoms with van der Waals surface area (Å²) in [6, 6.07) is 3.93. The van der Waals surface area contributed by atoms with Gasteiger partial charge in [-0.2, -0.15) is 0 Å². The van der Waals surface area contributed by atoms with E-state index in [1.807, 2.05) is 18.2 Å². The fraction of sp³-hybridized carbons (Fsp3) is 0.565. The minimum atomic E-state index is -0.744. The van der Waals surface area contributed by atoms with Gasteiger partial charge in [0.2, 0.25) is 0 Å². The number of methoxy groups -OCH3 is 3. The second kappa shape index (κ2) is 10.4. The summed E-state index contributed by atoms with van der Waals surface area (Å²) in [5.41, 5.74) is 2.78. The van der Waals surface area contributed by atoms with Crippen molar-refractivity contribution in [3.8, 4) is 23.3 Å². The average Bonchev–Trinajstić information content (AvgIpc) is 2.62. The zero-order valence-corrected chi connectivity index (χ0v) is 18.0. The molecule has 1 aromatic carbocycles. The van der Waals surface area contributed by atoms with Gasteiger partial charge in [-0.3, -0.25) is 0 Å². The van der Waals surface area contributed by atoms with Crippen LogP contribution in [0.4, 0.5) is 0 Å². The lowest BCUT2D eigenvalue weighted by atomic mass is 9.80. The van der Waals surface area contributed by atoms with Gasteiger partial charge >= 0.3 is 0 Å². The van der Waals surface area contributed by atoms with Crippen molar-refractivity contribution in [1.29, 1.82) is 0 Å². The zero-order valence-electron chi connectivity index (χ0n) is 18.0. The van der Waals surface area contributed by atoms with Crippen LogP contribution in [-0.4, -0.2) is 39.1 Å². The molecule has 4 heteroatoms. The van der Waals surface area contributed by atoms with Crippen molar-refractivity contribution >= 4 is 0 Å². The van der Waals surface area contributed by atoms with Crippen molar-refractivity contribution in [2.24, 2.45) is 5.41 Å². The third-order valence-corrected chi connectivity index (χ3v) is 4.87. The summed E-state index contributed by atoms with van der Waals surface area (Å²) in [7, 11) is 4.91. The Kier molecular flexibility index (Phi) is 8.88. The van der Waals surface area contributed by atoms with Gasteiger partial charge < -0.3 is 19.3 Å². The standard InChI is InChI=1S/C23H34O4/c1-16(2)20-12-10-18(21(26-7)22(20)27-8)9-11-19(24)15-23(4,5)17(3)13-14-25-6/h10,12-13,16,19,24H,14-15H2,1-8H3/b17-13+/t19-/m0/s1. The molecule has 0 saturated heterocycles. The third-order valence-electron chi connectivity index (χ3n) is 4.87. The predicted octanol–water partition coefficient (Wildman–Crippen LogP) is 4.55. The highest BCUT2D eigenvalue weighted by molar-refractivity contribution is 5.58. The van der Waals surface area contributed by atoms with Crippen LogP contribution in [0.5, 0.6) is 11.5 Å². The minimum absolute atomic E-state index is 0.171. The SMILES string of the molecule is COC/C=C(\C)C(C)(C)C[C@@H](O)C#Cc1ccc(C(C)C)c(OC)c1OC. The van der Waals surface area contributed by atoms with Crippen molar-refractivity contribution in [3.05, 3.63) is 34.9 Å². The molecule has 150 valence electrons. The topological polar surface area (TPSA) is 47.9 Å². The fourth-order valence-electron chi connectivity index (χ4n) is 2.89. The first-order chi connectivity index (χ1) is 12.7. The molecule has 1 rings (SSSR count). The van der Waals surface area contributed by atoms with E-state index in [2.05, 4.69) is 46.5 Å². The maximum absolute atomic E-state index is 10.4. The van der Waals surface area contributed by atoms with Gasteiger partial charge in [-0.1, -0.05) is 57.3 Å². The quantitative estimate of drug-likeness (QED) is 0.536. The van der Waals surface area contributed by atoms with Gasteiger partial charge in [0.15, 0.2) is 11.5 Å². The van der Waals surface area contributed by atoms with Crippen LogP contribution in [0.1, 0.15) is 58.1 Å². The molecule has 1 atom stereocenters. The summed E-state index contributed by atoms with van der Waals surface area (Å²) in [6.07, 6.45) is 1.83. The largest absolute Gasteiger partial charge is 0.493 e. The van der Waals surface area contributed by atoms with Crippen LogP contribution < -0.4 is 9.47 Å². The number of benzene rings is 1. The van der Waals surface area contributed by atoms with Crippen LogP contribution in [0, 0.1) is 17.3 Å². The number of rotatable bonds is 8. The Morgan fingerprint density at radius 2 is 1.78 bits per heavy atom. The lowest BCUT2D eigenvalue weighted by Crippen LogP contribution is -2.21. The maximum atomic E-state index is 10.4. The van der Waals surface area contributed by atoms with Gasteiger partial charge in [-0.05, 0) is 30.7 Å². The molecular formula is C23H34O4. The van der Waals surface area contributed by atoms with Gasteiger partial charge in [0, 0.05) is 12.7 Å². The summed E-state index contributed by atoms with van der Waals surface area (Å²) >= 11 is 0. The third kappa shape index (κ3) is 6.30. The number of hydrogen-bond donors (Lipinski definition) is 1. The normalized spacial score (nSPS) is 13.2. The molecule has 4 nitrogen and oxygen atoms in total. The Labute approximate surface area is 164 Å². The summed E-state index contributed by atoms with van der Waals surface area (Å²) in [6.45, 7) is 11.0. The van der Waals surface area contributed by atoms with Crippen LogP contribution in [0.15, 0.2) is 23.8 Å². The van der Waals surface area contributed by atoms with E-state index >= 15 is 0 Å². The van der Waals surface area contributed by atoms with E-state index < -0.39 is 6.10 Å². The van der Waals surface area contributed by atoms with Gasteiger partial charge in [0.25, 0.3) is 0 Å².